The van der Waals surface area contributed by atoms with Crippen molar-refractivity contribution in [3.8, 4) is 162 Å². The molecule has 0 saturated carbocycles. The molecule has 0 aliphatic heterocycles. The van der Waals surface area contributed by atoms with E-state index in [1.54, 1.807) is 0 Å². The van der Waals surface area contributed by atoms with Crippen molar-refractivity contribution in [2.45, 2.75) is 91.7 Å². The summed E-state index contributed by atoms with van der Waals surface area (Å²) in [6.07, 6.45) is 0. The third-order valence-electron chi connectivity index (χ3n) is 29.2. The van der Waals surface area contributed by atoms with Crippen molar-refractivity contribution < 1.29 is 0 Å². The van der Waals surface area contributed by atoms with Crippen LogP contribution in [0.5, 0.6) is 0 Å². The Kier molecular flexibility index (Phi) is 26.1. The minimum Gasteiger partial charge on any atom is -0.238 e. The van der Waals surface area contributed by atoms with Gasteiger partial charge in [-0.3, -0.25) is 0 Å². The van der Waals surface area contributed by atoms with Crippen molar-refractivity contribution in [3.05, 3.63) is 513 Å². The van der Waals surface area contributed by atoms with E-state index in [0.29, 0.717) is 11.3 Å². The van der Waals surface area contributed by atoms with Crippen LogP contribution in [0.15, 0.2) is 485 Å². The third kappa shape index (κ3) is 19.6. The number of nitrogens with zero attached hydrogens (tertiary/aromatic N) is 2. The predicted octanol–water partition coefficient (Wildman–Crippen LogP) is 39.4. The van der Waals surface area contributed by atoms with Crippen molar-refractivity contribution in [2.24, 2.45) is 0 Å². The molecule has 23 rings (SSSR count). The summed E-state index contributed by atoms with van der Waals surface area (Å²) in [6.45, 7) is 35.4. The molecule has 0 fully saturated rings. The first-order chi connectivity index (χ1) is 70.8. The van der Waals surface area contributed by atoms with Gasteiger partial charge in [-0.15, -0.1) is 0 Å². The molecule has 0 aliphatic rings. The van der Waals surface area contributed by atoms with Gasteiger partial charge in [0.2, 0.25) is 0 Å². The van der Waals surface area contributed by atoms with E-state index >= 15 is 0 Å². The zero-order valence-corrected chi connectivity index (χ0v) is 87.1. The van der Waals surface area contributed by atoms with Crippen molar-refractivity contribution in [2.75, 3.05) is 0 Å². The highest BCUT2D eigenvalue weighted by atomic mass is 28.3. The molecule has 0 N–H and O–H groups in total. The van der Waals surface area contributed by atoms with Crippen LogP contribution in [-0.4, -0.2) is 16.1 Å². The molecule has 0 atom stereocenters. The van der Waals surface area contributed by atoms with Gasteiger partial charge < -0.3 is 0 Å². The van der Waals surface area contributed by atoms with Gasteiger partial charge in [-0.25, -0.2) is 4.85 Å². The number of fused-ring (bicyclic) bond motifs is 6. The number of hydrogen-bond donors (Lipinski definition) is 0. The lowest BCUT2D eigenvalue weighted by Crippen LogP contribution is -2.37. The van der Waals surface area contributed by atoms with E-state index < -0.39 is 16.1 Å². The first kappa shape index (κ1) is 95.2. The van der Waals surface area contributed by atoms with Crippen LogP contribution in [-0.2, 0) is 10.8 Å². The van der Waals surface area contributed by atoms with Crippen molar-refractivity contribution in [3.63, 3.8) is 0 Å². The second-order valence-corrected chi connectivity index (χ2v) is 53.0. The maximum atomic E-state index is 9.31. The summed E-state index contributed by atoms with van der Waals surface area (Å²) >= 11 is 0. The lowest BCUT2D eigenvalue weighted by Gasteiger charge is -2.20. The molecule has 0 aliphatic carbocycles. The van der Waals surface area contributed by atoms with Crippen molar-refractivity contribution in [1.29, 1.82) is 5.26 Å². The van der Waals surface area contributed by atoms with Crippen LogP contribution in [0.2, 0.25) is 39.3 Å². The highest BCUT2D eigenvalue weighted by Crippen LogP contribution is 2.52. The van der Waals surface area contributed by atoms with Gasteiger partial charge in [-0.05, 0) is 291 Å². The fourth-order valence-corrected chi connectivity index (χ4v) is 23.4. The topological polar surface area (TPSA) is 28.1 Å². The second-order valence-electron chi connectivity index (χ2n) is 42.8. The Balaban J connectivity index is 0.000000131. The summed E-state index contributed by atoms with van der Waals surface area (Å²) in [4.78, 5) is 3.57. The number of benzene rings is 23. The van der Waals surface area contributed by atoms with Gasteiger partial charge in [-0.1, -0.05) is 528 Å². The molecule has 702 valence electrons. The van der Waals surface area contributed by atoms with Crippen molar-refractivity contribution in [1.82, 2.24) is 0 Å². The van der Waals surface area contributed by atoms with Gasteiger partial charge in [0.05, 0.1) is 34.4 Å². The lowest BCUT2D eigenvalue weighted by molar-refractivity contribution is 0.590. The molecule has 0 spiro atoms. The first-order valence-electron chi connectivity index (χ1n) is 50.9. The molecule has 0 unspecified atom stereocenters. The highest BCUT2D eigenvalue weighted by molar-refractivity contribution is 6.89. The van der Waals surface area contributed by atoms with Crippen LogP contribution in [0.4, 0.5) is 5.69 Å². The SMILES string of the molecule is CC(C)(C)c1ccc(-c2ccc(-c3ccc4c(-c5ccccc5)c5ccc(-c6ccc(-c7ccc(C(C)(C)C)cc7)cc6)cc5c(-c5ccccc5)c4c3)cc2)cc1.C[Si](C)(C)c1ccc(-c2ccc3c(-c4ccccc4)c4ccc(-c5ccc([Si](C)(C)C)cc5)cc4c(-c4ccccc4)c3c2)cc1.[C-]#[N+]c1ccc(-c2ccc3c(-c4ccccc4)c4ccc(-c5ccc(C#N)cc5)cc4c(-c4ccccc4)c3c2)cc1. The molecule has 0 aromatic heterocycles. The molecule has 0 bridgehead atoms. The Bertz CT molecular complexity index is 8450. The standard InChI is InChI=1S/C58H50.C44H42Si2.C40H24N2/c1-57(2,3)49-31-25-41(26-32-49)39-17-21-43(22-18-39)47-29-35-51-53(37-47)56(46-15-11-8-12-16-46)54-38-48(30-36-52(54)55(51)45-13-9-7-10-14-45)44-23-19-40(20-24-44)42-27-33-50(34-28-42)58(4,5)6;1-45(2,3)37-23-17-31(18-24-37)35-21-27-39-41(29-35)44(34-15-11-8-12-16-34)42-30-36(32-19-25-38(26-20-32)46(4,5)6)22-28-40(42)43(39)33-13-9-7-10-14-33;1-42-34-20-16-29(17-21-34)33-19-23-36-38(25-33)40(31-10-6-3-7-11-31)37-24-32(28-14-12-27(26-41)13-15-28)18-22-35(37)39(36)30-8-4-2-5-9-30/h7-38H,1-6H3;7-30H,1-6H3;2-25H. The molecule has 4 heteroatoms. The molecule has 0 radical (unpaired) electrons. The van der Waals surface area contributed by atoms with E-state index in [9.17, 15) is 5.26 Å². The fraction of sp³-hybridized carbons (Fsp3) is 0.0986. The molecule has 146 heavy (non-hydrogen) atoms. The first-order valence-corrected chi connectivity index (χ1v) is 57.9. The molecule has 0 amide bonds. The monoisotopic (exact) mass is 1900 g/mol. The quantitative estimate of drug-likeness (QED) is 0.0538. The minimum absolute atomic E-state index is 0.135. The molecule has 23 aromatic rings. The van der Waals surface area contributed by atoms with Crippen LogP contribution in [0.1, 0.15) is 58.2 Å². The van der Waals surface area contributed by atoms with Crippen molar-refractivity contribution >= 4 is 96.8 Å². The van der Waals surface area contributed by atoms with Gasteiger partial charge in [0.15, 0.2) is 5.69 Å². The smallest absolute Gasteiger partial charge is 0.187 e. The maximum absolute atomic E-state index is 9.31. The molecule has 0 saturated heterocycles. The molecular formula is C142H116N2Si2. The second kappa shape index (κ2) is 40.1. The predicted molar refractivity (Wildman–Crippen MR) is 635 cm³/mol. The Morgan fingerprint density at radius 2 is 0.349 bits per heavy atom. The minimum atomic E-state index is -1.37. The summed E-state index contributed by atoms with van der Waals surface area (Å²) in [6, 6.07) is 179. The Labute approximate surface area is 862 Å². The van der Waals surface area contributed by atoms with Gasteiger partial charge in [0.25, 0.3) is 0 Å². The van der Waals surface area contributed by atoms with Crippen LogP contribution in [0, 0.1) is 17.9 Å². The number of rotatable bonds is 16. The maximum Gasteiger partial charge on any atom is 0.187 e. The number of hydrogen-bond acceptors (Lipinski definition) is 1. The van der Waals surface area contributed by atoms with E-state index in [4.69, 9.17) is 6.57 Å². The summed E-state index contributed by atoms with van der Waals surface area (Å²) in [5.41, 5.74) is 38.2. The lowest BCUT2D eigenvalue weighted by atomic mass is 9.83. The normalized spacial score (nSPS) is 11.7. The molecular weight excluding hydrogens is 1790 g/mol. The average Bonchev–Trinajstić information content (AvgIpc) is 0.732. The number of nitriles is 1. The fourth-order valence-electron chi connectivity index (χ4n) is 21.1. The Morgan fingerprint density at radius 3 is 0.534 bits per heavy atom. The van der Waals surface area contributed by atoms with E-state index in [-0.39, 0.29) is 10.8 Å². The van der Waals surface area contributed by atoms with E-state index in [2.05, 4.69) is 529 Å². The summed E-state index contributed by atoms with van der Waals surface area (Å²) in [5.74, 6) is 0. The highest BCUT2D eigenvalue weighted by Gasteiger charge is 2.27. The largest absolute Gasteiger partial charge is 0.238 e. The van der Waals surface area contributed by atoms with Gasteiger partial charge in [0.1, 0.15) is 0 Å². The zero-order chi connectivity index (χ0) is 101. The molecule has 23 aromatic carbocycles. The zero-order valence-electron chi connectivity index (χ0n) is 85.1. The summed E-state index contributed by atoms with van der Waals surface area (Å²) < 4.78 is 0. The van der Waals surface area contributed by atoms with Crippen LogP contribution in [0.25, 0.3) is 225 Å². The molecule has 2 nitrogen and oxygen atoms in total. The van der Waals surface area contributed by atoms with Gasteiger partial charge >= 0.3 is 0 Å². The Morgan fingerprint density at radius 1 is 0.185 bits per heavy atom. The van der Waals surface area contributed by atoms with Crippen LogP contribution < -0.4 is 10.4 Å². The average molecular weight is 1910 g/mol. The summed E-state index contributed by atoms with van der Waals surface area (Å²) in [5, 5.41) is 27.2. The Hall–Kier alpha value is -17.0. The van der Waals surface area contributed by atoms with Crippen LogP contribution in [0.3, 0.4) is 0 Å². The van der Waals surface area contributed by atoms with E-state index in [0.717, 1.165) is 27.8 Å². The molecule has 0 heterocycles. The van der Waals surface area contributed by atoms with Crippen LogP contribution >= 0.6 is 0 Å². The van der Waals surface area contributed by atoms with Gasteiger partial charge in [0, 0.05) is 0 Å². The third-order valence-corrected chi connectivity index (χ3v) is 33.3. The van der Waals surface area contributed by atoms with Gasteiger partial charge in [-0.2, -0.15) is 5.26 Å². The van der Waals surface area contributed by atoms with E-state index in [1.165, 1.54) is 214 Å². The summed E-state index contributed by atoms with van der Waals surface area (Å²) in [7, 11) is -2.75. The van der Waals surface area contributed by atoms with E-state index in [1.807, 2.05) is 48.5 Å².